The van der Waals surface area contributed by atoms with Crippen LogP contribution in [0, 0.1) is 10.1 Å². The van der Waals surface area contributed by atoms with Crippen LogP contribution in [-0.4, -0.2) is 22.9 Å². The Balaban J connectivity index is 2.27. The summed E-state index contributed by atoms with van der Waals surface area (Å²) in [5.41, 5.74) is 1.00. The van der Waals surface area contributed by atoms with Gasteiger partial charge in [0.25, 0.3) is 11.6 Å². The average Bonchev–Trinajstić information content (AvgIpc) is 2.47. The number of pyridine rings is 1. The lowest BCUT2D eigenvalue weighted by Crippen LogP contribution is -2.12. The predicted molar refractivity (Wildman–Crippen MR) is 74.8 cm³/mol. The van der Waals surface area contributed by atoms with Gasteiger partial charge in [-0.2, -0.15) is 0 Å². The van der Waals surface area contributed by atoms with Gasteiger partial charge in [-0.05, 0) is 24.3 Å². The van der Waals surface area contributed by atoms with Crippen molar-refractivity contribution in [2.75, 3.05) is 17.7 Å². The molecule has 0 fully saturated rings. The van der Waals surface area contributed by atoms with Gasteiger partial charge in [-0.15, -0.1) is 0 Å². The molecule has 1 aromatic heterocycles. The second-order valence-electron chi connectivity index (χ2n) is 3.93. The fourth-order valence-electron chi connectivity index (χ4n) is 1.67. The first-order valence-corrected chi connectivity index (χ1v) is 5.79. The summed E-state index contributed by atoms with van der Waals surface area (Å²) in [6, 6.07) is 7.53. The Kier molecular flexibility index (Phi) is 3.90. The van der Waals surface area contributed by atoms with E-state index in [1.165, 1.54) is 18.2 Å². The molecule has 1 aromatic carbocycles. The van der Waals surface area contributed by atoms with E-state index < -0.39 is 10.8 Å². The molecule has 2 aromatic rings. The van der Waals surface area contributed by atoms with Gasteiger partial charge in [0.1, 0.15) is 5.69 Å². The minimum Gasteiger partial charge on any atom is -0.383 e. The summed E-state index contributed by atoms with van der Waals surface area (Å²) in [5.74, 6) is -0.415. The molecule has 0 aliphatic heterocycles. The molecule has 0 unspecified atom stereocenters. The van der Waals surface area contributed by atoms with Crippen molar-refractivity contribution < 1.29 is 9.72 Å². The number of nitro groups is 1. The van der Waals surface area contributed by atoms with Crippen molar-refractivity contribution in [3.05, 3.63) is 58.4 Å². The Labute approximate surface area is 114 Å². The minimum absolute atomic E-state index is 0.144. The molecule has 0 bridgehead atoms. The zero-order valence-corrected chi connectivity index (χ0v) is 10.7. The average molecular weight is 272 g/mol. The van der Waals surface area contributed by atoms with E-state index >= 15 is 0 Å². The molecule has 0 radical (unpaired) electrons. The van der Waals surface area contributed by atoms with Gasteiger partial charge in [0.05, 0.1) is 4.92 Å². The van der Waals surface area contributed by atoms with E-state index in [-0.39, 0.29) is 11.3 Å². The maximum absolute atomic E-state index is 12.0. The molecule has 2 N–H and O–H groups in total. The molecule has 0 saturated heterocycles. The van der Waals surface area contributed by atoms with Crippen molar-refractivity contribution in [2.45, 2.75) is 0 Å². The Hall–Kier alpha value is -2.96. The quantitative estimate of drug-likeness (QED) is 0.657. The van der Waals surface area contributed by atoms with Crippen LogP contribution in [0.1, 0.15) is 10.4 Å². The summed E-state index contributed by atoms with van der Waals surface area (Å²) < 4.78 is 0. The van der Waals surface area contributed by atoms with Crippen molar-refractivity contribution in [2.24, 2.45) is 0 Å². The van der Waals surface area contributed by atoms with Crippen LogP contribution in [0.5, 0.6) is 0 Å². The highest BCUT2D eigenvalue weighted by atomic mass is 16.6. The monoisotopic (exact) mass is 272 g/mol. The summed E-state index contributed by atoms with van der Waals surface area (Å²) in [6.45, 7) is 0. The molecule has 0 aliphatic carbocycles. The predicted octanol–water partition coefficient (Wildman–Crippen LogP) is 2.28. The second-order valence-corrected chi connectivity index (χ2v) is 3.93. The molecule has 0 spiro atoms. The number of hydrogen-bond acceptors (Lipinski definition) is 5. The molecule has 7 heteroatoms. The van der Waals surface area contributed by atoms with Gasteiger partial charge in [0.2, 0.25) is 0 Å². The number of hydrogen-bond donors (Lipinski definition) is 2. The standard InChI is InChI=1S/C13H12N4O3/c1-14-11-3-2-9(8-12(11)17(19)20)13(18)16-10-4-6-15-7-5-10/h2-8,14H,1H3,(H,15,16,18). The number of nitrogens with zero attached hydrogens (tertiary/aromatic N) is 2. The summed E-state index contributed by atoms with van der Waals surface area (Å²) in [5, 5.41) is 16.3. The fourth-order valence-corrected chi connectivity index (χ4v) is 1.67. The summed E-state index contributed by atoms with van der Waals surface area (Å²) in [4.78, 5) is 26.3. The van der Waals surface area contributed by atoms with Gasteiger partial charge in [0, 0.05) is 36.8 Å². The van der Waals surface area contributed by atoms with Crippen molar-refractivity contribution in [1.29, 1.82) is 0 Å². The van der Waals surface area contributed by atoms with E-state index in [2.05, 4.69) is 15.6 Å². The second kappa shape index (κ2) is 5.79. The number of carbonyl (C=O) groups is 1. The molecule has 1 heterocycles. The molecule has 0 atom stereocenters. The van der Waals surface area contributed by atoms with Gasteiger partial charge in [-0.25, -0.2) is 0 Å². The van der Waals surface area contributed by atoms with Crippen molar-refractivity contribution >= 4 is 23.0 Å². The van der Waals surface area contributed by atoms with E-state index in [4.69, 9.17) is 0 Å². The first-order valence-electron chi connectivity index (χ1n) is 5.79. The molecular formula is C13H12N4O3. The number of carbonyl (C=O) groups excluding carboxylic acids is 1. The van der Waals surface area contributed by atoms with Crippen molar-refractivity contribution in [1.82, 2.24) is 4.98 Å². The van der Waals surface area contributed by atoms with Crippen LogP contribution in [0.4, 0.5) is 17.1 Å². The summed E-state index contributed by atoms with van der Waals surface area (Å²) in [7, 11) is 1.58. The van der Waals surface area contributed by atoms with E-state index in [0.717, 1.165) is 0 Å². The Morgan fingerprint density at radius 1 is 1.25 bits per heavy atom. The third kappa shape index (κ3) is 2.89. The summed E-state index contributed by atoms with van der Waals surface area (Å²) in [6.07, 6.45) is 3.09. The lowest BCUT2D eigenvalue weighted by Gasteiger charge is -2.06. The van der Waals surface area contributed by atoms with Crippen LogP contribution in [0.25, 0.3) is 0 Å². The van der Waals surface area contributed by atoms with Crippen LogP contribution in [0.2, 0.25) is 0 Å². The van der Waals surface area contributed by atoms with E-state index in [0.29, 0.717) is 11.4 Å². The van der Waals surface area contributed by atoms with Gasteiger partial charge < -0.3 is 10.6 Å². The number of amides is 1. The fraction of sp³-hybridized carbons (Fsp3) is 0.0769. The van der Waals surface area contributed by atoms with Crippen molar-refractivity contribution in [3.8, 4) is 0 Å². The maximum atomic E-state index is 12.0. The first-order chi connectivity index (χ1) is 9.61. The highest BCUT2D eigenvalue weighted by Gasteiger charge is 2.16. The zero-order chi connectivity index (χ0) is 14.5. The Morgan fingerprint density at radius 2 is 1.95 bits per heavy atom. The Morgan fingerprint density at radius 3 is 2.55 bits per heavy atom. The van der Waals surface area contributed by atoms with Crippen LogP contribution < -0.4 is 10.6 Å². The van der Waals surface area contributed by atoms with Gasteiger partial charge in [0.15, 0.2) is 0 Å². The number of nitrogens with one attached hydrogen (secondary N) is 2. The molecule has 7 nitrogen and oxygen atoms in total. The van der Waals surface area contributed by atoms with Gasteiger partial charge in [-0.3, -0.25) is 19.9 Å². The third-order valence-corrected chi connectivity index (χ3v) is 2.66. The van der Waals surface area contributed by atoms with Crippen LogP contribution >= 0.6 is 0 Å². The number of aromatic nitrogens is 1. The van der Waals surface area contributed by atoms with Crippen molar-refractivity contribution in [3.63, 3.8) is 0 Å². The lowest BCUT2D eigenvalue weighted by molar-refractivity contribution is -0.384. The van der Waals surface area contributed by atoms with Crippen LogP contribution in [0.15, 0.2) is 42.7 Å². The molecule has 1 amide bonds. The van der Waals surface area contributed by atoms with E-state index in [9.17, 15) is 14.9 Å². The first kappa shape index (κ1) is 13.5. The summed E-state index contributed by atoms with van der Waals surface area (Å²) >= 11 is 0. The minimum atomic E-state index is -0.533. The Bertz CT molecular complexity index is 643. The lowest BCUT2D eigenvalue weighted by atomic mass is 10.1. The largest absolute Gasteiger partial charge is 0.383 e. The number of anilines is 2. The topological polar surface area (TPSA) is 97.2 Å². The molecule has 20 heavy (non-hydrogen) atoms. The van der Waals surface area contributed by atoms with Crippen LogP contribution in [0.3, 0.4) is 0 Å². The molecule has 102 valence electrons. The van der Waals surface area contributed by atoms with Gasteiger partial charge >= 0.3 is 0 Å². The normalized spacial score (nSPS) is 9.85. The molecule has 0 saturated carbocycles. The van der Waals surface area contributed by atoms with Crippen LogP contribution in [-0.2, 0) is 0 Å². The van der Waals surface area contributed by atoms with E-state index in [1.807, 2.05) is 0 Å². The zero-order valence-electron chi connectivity index (χ0n) is 10.7. The highest BCUT2D eigenvalue weighted by Crippen LogP contribution is 2.25. The third-order valence-electron chi connectivity index (χ3n) is 2.66. The highest BCUT2D eigenvalue weighted by molar-refractivity contribution is 6.05. The van der Waals surface area contributed by atoms with E-state index in [1.54, 1.807) is 31.6 Å². The molecular weight excluding hydrogens is 260 g/mol. The molecule has 0 aliphatic rings. The van der Waals surface area contributed by atoms with Gasteiger partial charge in [-0.1, -0.05) is 0 Å². The maximum Gasteiger partial charge on any atom is 0.293 e. The smallest absolute Gasteiger partial charge is 0.293 e. The molecule has 2 rings (SSSR count). The number of nitro benzene ring substituents is 1. The SMILES string of the molecule is CNc1ccc(C(=O)Nc2ccncc2)cc1[N+](=O)[O-]. The number of rotatable bonds is 4. The number of benzene rings is 1.